The molecule has 0 unspecified atom stereocenters. The topological polar surface area (TPSA) is 128 Å². The lowest BCUT2D eigenvalue weighted by Crippen LogP contribution is -2.11. The maximum Gasteiger partial charge on any atom is 0.337 e. The lowest BCUT2D eigenvalue weighted by atomic mass is 10.1. The number of halogens is 1. The molecule has 0 spiro atoms. The monoisotopic (exact) mass is 297 g/mol. The average molecular weight is 298 g/mol. The second-order valence-corrected chi connectivity index (χ2v) is 4.32. The Morgan fingerprint density at radius 2 is 2.15 bits per heavy atom. The van der Waals surface area contributed by atoms with Crippen molar-refractivity contribution in [2.24, 2.45) is 0 Å². The van der Waals surface area contributed by atoms with Crippen LogP contribution >= 0.6 is 11.6 Å². The zero-order valence-electron chi connectivity index (χ0n) is 10.1. The van der Waals surface area contributed by atoms with Gasteiger partial charge in [-0.05, 0) is 6.07 Å². The Morgan fingerprint density at radius 3 is 2.70 bits per heavy atom. The van der Waals surface area contributed by atoms with Crippen LogP contribution in [0.15, 0.2) is 21.3 Å². The number of hydrogen-bond acceptors (Lipinski definition) is 6. The number of amides is 1. The summed E-state index contributed by atoms with van der Waals surface area (Å²) in [6, 6.07) is 2.27. The van der Waals surface area contributed by atoms with Crippen LogP contribution in [0.1, 0.15) is 6.92 Å². The first kappa shape index (κ1) is 13.8. The Morgan fingerprint density at radius 1 is 1.50 bits per heavy atom. The summed E-state index contributed by atoms with van der Waals surface area (Å²) in [6.45, 7) is 1.17. The Kier molecular flexibility index (Phi) is 3.33. The Bertz CT molecular complexity index is 799. The van der Waals surface area contributed by atoms with Gasteiger partial charge in [-0.25, -0.2) is 4.79 Å². The van der Waals surface area contributed by atoms with E-state index in [1.165, 1.54) is 13.0 Å². The fraction of sp³-hybridized carbons (Fsp3) is 0.0909. The maximum atomic E-state index is 11.3. The number of hydrogen-bond donors (Lipinski definition) is 2. The third-order valence-corrected chi connectivity index (χ3v) is 2.79. The predicted octanol–water partition coefficient (Wildman–Crippen LogP) is 1.90. The predicted molar refractivity (Wildman–Crippen MR) is 72.9 cm³/mol. The van der Waals surface area contributed by atoms with E-state index in [4.69, 9.17) is 21.8 Å². The number of rotatable bonds is 2. The summed E-state index contributed by atoms with van der Waals surface area (Å²) in [5.41, 5.74) is 3.59. The van der Waals surface area contributed by atoms with Crippen molar-refractivity contribution in [2.75, 3.05) is 11.1 Å². The van der Waals surface area contributed by atoms with Gasteiger partial charge < -0.3 is 15.5 Å². The van der Waals surface area contributed by atoms with Crippen LogP contribution in [0, 0.1) is 10.1 Å². The first-order valence-electron chi connectivity index (χ1n) is 5.29. The fourth-order valence-electron chi connectivity index (χ4n) is 1.74. The molecule has 8 nitrogen and oxygen atoms in total. The normalized spacial score (nSPS) is 10.5. The number of nitrogens with two attached hydrogens (primary N) is 1. The highest BCUT2D eigenvalue weighted by molar-refractivity contribution is 6.35. The van der Waals surface area contributed by atoms with Gasteiger partial charge in [0.15, 0.2) is 0 Å². The number of anilines is 2. The van der Waals surface area contributed by atoms with Gasteiger partial charge in [-0.1, -0.05) is 11.6 Å². The zero-order chi connectivity index (χ0) is 15.0. The summed E-state index contributed by atoms with van der Waals surface area (Å²) in [7, 11) is 0. The molecule has 1 heterocycles. The summed E-state index contributed by atoms with van der Waals surface area (Å²) in [5.74, 6) is -0.552. The van der Waals surface area contributed by atoms with Crippen LogP contribution in [0.25, 0.3) is 11.0 Å². The van der Waals surface area contributed by atoms with Crippen LogP contribution in [-0.2, 0) is 4.79 Å². The first-order chi connectivity index (χ1) is 9.31. The van der Waals surface area contributed by atoms with Gasteiger partial charge in [-0.3, -0.25) is 14.9 Å². The minimum Gasteiger partial charge on any atom is -0.415 e. The minimum absolute atomic E-state index is 0.0274. The Labute approximate surface area is 116 Å². The van der Waals surface area contributed by atoms with Gasteiger partial charge in [-0.2, -0.15) is 0 Å². The molecule has 9 heteroatoms. The van der Waals surface area contributed by atoms with Gasteiger partial charge in [0.1, 0.15) is 5.69 Å². The number of carbonyl (C=O) groups excluding carboxylic acids is 1. The summed E-state index contributed by atoms with van der Waals surface area (Å²) in [6.07, 6.45) is 0. The lowest BCUT2D eigenvalue weighted by molar-refractivity contribution is -0.382. The van der Waals surface area contributed by atoms with E-state index in [1.54, 1.807) is 0 Å². The fourth-order valence-corrected chi connectivity index (χ4v) is 1.97. The van der Waals surface area contributed by atoms with Gasteiger partial charge in [0.2, 0.25) is 11.5 Å². The molecule has 0 radical (unpaired) electrons. The molecule has 2 rings (SSSR count). The molecule has 0 fully saturated rings. The van der Waals surface area contributed by atoms with E-state index in [1.807, 2.05) is 0 Å². The van der Waals surface area contributed by atoms with E-state index >= 15 is 0 Å². The highest BCUT2D eigenvalue weighted by Crippen LogP contribution is 2.39. The van der Waals surface area contributed by atoms with Crippen molar-refractivity contribution in [2.45, 2.75) is 6.92 Å². The van der Waals surface area contributed by atoms with Crippen LogP contribution in [0.4, 0.5) is 17.1 Å². The van der Waals surface area contributed by atoms with Crippen LogP contribution in [-0.4, -0.2) is 10.8 Å². The lowest BCUT2D eigenvalue weighted by Gasteiger charge is -2.09. The second kappa shape index (κ2) is 4.82. The van der Waals surface area contributed by atoms with Crippen molar-refractivity contribution >= 4 is 45.5 Å². The van der Waals surface area contributed by atoms with Crippen molar-refractivity contribution in [3.63, 3.8) is 0 Å². The second-order valence-electron chi connectivity index (χ2n) is 3.92. The summed E-state index contributed by atoms with van der Waals surface area (Å²) in [4.78, 5) is 32.8. The van der Waals surface area contributed by atoms with Crippen molar-refractivity contribution in [1.29, 1.82) is 0 Å². The third kappa shape index (κ3) is 2.28. The molecule has 104 valence electrons. The smallest absolute Gasteiger partial charge is 0.337 e. The highest BCUT2D eigenvalue weighted by atomic mass is 35.5. The van der Waals surface area contributed by atoms with Crippen molar-refractivity contribution in [1.82, 2.24) is 0 Å². The summed E-state index contributed by atoms with van der Waals surface area (Å²) in [5, 5.41) is 13.5. The van der Waals surface area contributed by atoms with Gasteiger partial charge >= 0.3 is 11.3 Å². The van der Waals surface area contributed by atoms with Gasteiger partial charge in [0.05, 0.1) is 15.6 Å². The number of nitrogens with zero attached hydrogens (tertiary/aromatic N) is 1. The van der Waals surface area contributed by atoms with Crippen LogP contribution in [0.2, 0.25) is 5.02 Å². The quantitative estimate of drug-likeness (QED) is 0.377. The number of fused-ring (bicyclic) bond motifs is 1. The molecule has 0 saturated heterocycles. The van der Waals surface area contributed by atoms with E-state index in [2.05, 4.69) is 5.32 Å². The molecule has 1 aromatic carbocycles. The summed E-state index contributed by atoms with van der Waals surface area (Å²) >= 11 is 5.84. The van der Waals surface area contributed by atoms with E-state index in [-0.39, 0.29) is 27.4 Å². The molecule has 1 amide bonds. The minimum atomic E-state index is -0.843. The maximum absolute atomic E-state index is 11.3. The molecule has 0 atom stereocenters. The molecular formula is C11H8ClN3O5. The van der Waals surface area contributed by atoms with E-state index in [9.17, 15) is 19.7 Å². The summed E-state index contributed by atoms with van der Waals surface area (Å²) < 4.78 is 4.82. The number of nitro groups is 1. The molecule has 3 N–H and O–H groups in total. The van der Waals surface area contributed by atoms with Crippen LogP contribution in [0.5, 0.6) is 0 Å². The van der Waals surface area contributed by atoms with Crippen LogP contribution in [0.3, 0.4) is 0 Å². The Balaban J connectivity index is 2.97. The van der Waals surface area contributed by atoms with E-state index in [0.717, 1.165) is 6.07 Å². The van der Waals surface area contributed by atoms with Gasteiger partial charge in [0, 0.05) is 18.4 Å². The molecule has 0 bridgehead atoms. The average Bonchev–Trinajstić information content (AvgIpc) is 2.30. The van der Waals surface area contributed by atoms with Crippen LogP contribution < -0.4 is 16.7 Å². The number of carbonyl (C=O) groups is 1. The standard InChI is InChI=1S/C11H8ClN3O5/c1-4(16)14-9-7(13)2-5-6(12)3-8(17)20-11(5)10(9)15(18)19/h2-3H,13H2,1H3,(H,14,16). The molecule has 1 aromatic heterocycles. The molecule has 0 aliphatic rings. The SMILES string of the molecule is CC(=O)Nc1c(N)cc2c(Cl)cc(=O)oc2c1[N+](=O)[O-]. The van der Waals surface area contributed by atoms with Crippen molar-refractivity contribution < 1.29 is 14.1 Å². The number of nitrogen functional groups attached to an aromatic ring is 1. The molecule has 20 heavy (non-hydrogen) atoms. The van der Waals surface area contributed by atoms with Gasteiger partial charge in [0.25, 0.3) is 0 Å². The zero-order valence-corrected chi connectivity index (χ0v) is 10.9. The van der Waals surface area contributed by atoms with E-state index in [0.29, 0.717) is 0 Å². The number of nitro benzene ring substituents is 1. The molecule has 0 aliphatic heterocycles. The number of nitrogens with one attached hydrogen (secondary N) is 1. The van der Waals surface area contributed by atoms with E-state index < -0.39 is 22.1 Å². The molecule has 2 aromatic rings. The van der Waals surface area contributed by atoms with Crippen molar-refractivity contribution in [3.8, 4) is 0 Å². The first-order valence-corrected chi connectivity index (χ1v) is 5.67. The highest BCUT2D eigenvalue weighted by Gasteiger charge is 2.26. The Hall–Kier alpha value is -2.61. The third-order valence-electron chi connectivity index (χ3n) is 2.47. The largest absolute Gasteiger partial charge is 0.415 e. The molecule has 0 saturated carbocycles. The molecular weight excluding hydrogens is 290 g/mol. The van der Waals surface area contributed by atoms with Crippen molar-refractivity contribution in [3.05, 3.63) is 37.7 Å². The number of benzene rings is 1. The van der Waals surface area contributed by atoms with Gasteiger partial charge in [-0.15, -0.1) is 0 Å². The molecule has 0 aliphatic carbocycles.